The maximum absolute atomic E-state index is 2.36. The second-order valence-electron chi connectivity index (χ2n) is 6.96. The number of anilines is 1. The van der Waals surface area contributed by atoms with Crippen LogP contribution in [-0.2, 0) is 20.7 Å². The molecule has 3 aromatic carbocycles. The van der Waals surface area contributed by atoms with Crippen LogP contribution in [0.4, 0.5) is 5.69 Å². The van der Waals surface area contributed by atoms with Crippen molar-refractivity contribution in [2.45, 2.75) is 25.8 Å². The molecular weight excluding hydrogens is 421 g/mol. The van der Waals surface area contributed by atoms with Gasteiger partial charge in [0.2, 0.25) is 0 Å². The summed E-state index contributed by atoms with van der Waals surface area (Å²) in [6.45, 7) is 4.55. The van der Waals surface area contributed by atoms with Gasteiger partial charge in [-0.15, -0.1) is 0 Å². The summed E-state index contributed by atoms with van der Waals surface area (Å²) in [6, 6.07) is 28.6. The molecule has 0 radical (unpaired) electrons. The van der Waals surface area contributed by atoms with E-state index >= 15 is 0 Å². The van der Waals surface area contributed by atoms with Crippen molar-refractivity contribution < 1.29 is 45.5 Å². The average Bonchev–Trinajstić information content (AvgIpc) is 3.03. The predicted molar refractivity (Wildman–Crippen MR) is 106 cm³/mol. The summed E-state index contributed by atoms with van der Waals surface area (Å²) in [5, 5.41) is 0. The van der Waals surface area contributed by atoms with Gasteiger partial charge in [-0.25, -0.2) is 0 Å². The third kappa shape index (κ3) is 4.24. The molecule has 4 heteroatoms. The zero-order chi connectivity index (χ0) is 18.1. The predicted octanol–water partition coefficient (Wildman–Crippen LogP) is 0.273. The molecule has 1 nitrogen and oxygen atoms in total. The van der Waals surface area contributed by atoms with Gasteiger partial charge < -0.3 is 24.8 Å². The van der Waals surface area contributed by atoms with E-state index in [1.54, 1.807) is 0 Å². The largest absolute Gasteiger partial charge is 1.00 e. The summed E-state index contributed by atoms with van der Waals surface area (Å²) in [5.74, 6) is 0.356. The molecule has 3 aromatic rings. The van der Waals surface area contributed by atoms with Crippen molar-refractivity contribution in [2.24, 2.45) is 0 Å². The molecule has 0 bridgehead atoms. The Morgan fingerprint density at radius 2 is 1.36 bits per heavy atom. The summed E-state index contributed by atoms with van der Waals surface area (Å²) < 4.78 is 2.36. The average molecular weight is 443 g/mol. The van der Waals surface area contributed by atoms with Gasteiger partial charge in [-0.3, -0.25) is 0 Å². The Bertz CT molecular complexity index is 956. The van der Waals surface area contributed by atoms with Gasteiger partial charge in [-0.2, -0.15) is 0 Å². The fourth-order valence-electron chi connectivity index (χ4n) is 4.00. The number of nitrogens with zero attached hydrogens (tertiary/aromatic N) is 1. The first-order valence-electron chi connectivity index (χ1n) is 9.08. The summed E-state index contributed by atoms with van der Waals surface area (Å²) in [7, 11) is 0. The van der Waals surface area contributed by atoms with Gasteiger partial charge >= 0.3 is 168 Å². The third-order valence-electron chi connectivity index (χ3n) is 5.32. The van der Waals surface area contributed by atoms with Crippen LogP contribution >= 0.6 is 0 Å². The topological polar surface area (TPSA) is 3.24 Å². The van der Waals surface area contributed by atoms with Gasteiger partial charge in [-0.05, 0) is 0 Å². The van der Waals surface area contributed by atoms with Gasteiger partial charge in [0, 0.05) is 0 Å². The van der Waals surface area contributed by atoms with Crippen LogP contribution in [0.2, 0.25) is 0 Å². The van der Waals surface area contributed by atoms with Crippen molar-refractivity contribution in [1.82, 2.24) is 0 Å². The van der Waals surface area contributed by atoms with Crippen LogP contribution in [0.5, 0.6) is 0 Å². The summed E-state index contributed by atoms with van der Waals surface area (Å²) in [6.07, 6.45) is 2.34. The van der Waals surface area contributed by atoms with Gasteiger partial charge in [0.1, 0.15) is 0 Å². The van der Waals surface area contributed by atoms with Gasteiger partial charge in [-0.1, -0.05) is 0 Å². The summed E-state index contributed by atoms with van der Waals surface area (Å²) in [5.41, 5.74) is 8.26. The van der Waals surface area contributed by atoms with E-state index in [0.29, 0.717) is 12.0 Å². The number of para-hydroxylation sites is 1. The van der Waals surface area contributed by atoms with Crippen molar-refractivity contribution in [1.29, 1.82) is 0 Å². The molecule has 0 saturated heterocycles. The van der Waals surface area contributed by atoms with E-state index in [4.69, 9.17) is 0 Å². The molecule has 0 amide bonds. The minimum atomic E-state index is 0. The molecule has 0 saturated carbocycles. The van der Waals surface area contributed by atoms with E-state index in [9.17, 15) is 0 Å². The van der Waals surface area contributed by atoms with E-state index in [0.717, 1.165) is 0 Å². The summed E-state index contributed by atoms with van der Waals surface area (Å²) >= 11 is 2.18. The monoisotopic (exact) mass is 442 g/mol. The first-order valence-corrected chi connectivity index (χ1v) is 9.78. The Labute approximate surface area is 192 Å². The molecule has 0 fully saturated rings. The Kier molecular flexibility index (Phi) is 7.98. The molecule has 28 heavy (non-hydrogen) atoms. The van der Waals surface area contributed by atoms with E-state index in [1.807, 2.05) is 0 Å². The second-order valence-corrected chi connectivity index (χ2v) is 7.71. The van der Waals surface area contributed by atoms with Crippen molar-refractivity contribution in [2.75, 3.05) is 3.38 Å². The van der Waals surface area contributed by atoms with Crippen LogP contribution in [-0.4, -0.2) is 0 Å². The van der Waals surface area contributed by atoms with Crippen LogP contribution < -0.4 is 28.2 Å². The van der Waals surface area contributed by atoms with E-state index in [-0.39, 0.29) is 24.8 Å². The Balaban J connectivity index is 0.00000140. The molecule has 0 N–H and O–H groups in total. The second kappa shape index (κ2) is 9.81. The minimum absolute atomic E-state index is 0. The smallest absolute Gasteiger partial charge is 1.00 e. The molecule has 1 aliphatic carbocycles. The number of rotatable bonds is 4. The number of benzene rings is 3. The normalized spacial score (nSPS) is 15.6. The zero-order valence-electron chi connectivity index (χ0n) is 15.9. The number of fused-ring (bicyclic) bond motifs is 1. The first kappa shape index (κ1) is 22.8. The fraction of sp³-hybridized carbons (Fsp3) is 0.167. The zero-order valence-corrected chi connectivity index (χ0v) is 19.0. The van der Waals surface area contributed by atoms with E-state index in [1.165, 1.54) is 33.5 Å². The molecule has 0 heterocycles. The van der Waals surface area contributed by atoms with Crippen LogP contribution in [0.3, 0.4) is 0 Å². The SMILES string of the molecule is CC1=Cc2ccccc2C1c1ccccc1C(C)[N]([Ti+2])c1ccccc1.[Cl-].[Cl-]. The first-order chi connectivity index (χ1) is 12.7. The molecular formula is C24H22Cl2NTi. The van der Waals surface area contributed by atoms with Gasteiger partial charge in [0.15, 0.2) is 0 Å². The molecule has 0 spiro atoms. The number of hydrogen-bond acceptors (Lipinski definition) is 1. The molecule has 1 aliphatic rings. The van der Waals surface area contributed by atoms with E-state index < -0.39 is 0 Å². The quantitative estimate of drug-likeness (QED) is 0.524. The van der Waals surface area contributed by atoms with Crippen LogP contribution in [0.1, 0.15) is 48.1 Å². The van der Waals surface area contributed by atoms with Crippen LogP contribution in [0.25, 0.3) is 6.08 Å². The van der Waals surface area contributed by atoms with E-state index in [2.05, 4.69) is 123 Å². The molecule has 2 atom stereocenters. The van der Waals surface area contributed by atoms with Gasteiger partial charge in [0.05, 0.1) is 0 Å². The van der Waals surface area contributed by atoms with Crippen molar-refractivity contribution >= 4 is 11.8 Å². The molecule has 141 valence electrons. The maximum Gasteiger partial charge on any atom is -1.00 e. The van der Waals surface area contributed by atoms with Crippen molar-refractivity contribution in [3.05, 3.63) is 107 Å². The molecule has 0 aliphatic heterocycles. The number of hydrogen-bond donors (Lipinski definition) is 0. The minimum Gasteiger partial charge on any atom is -1.00 e. The molecule has 2 unspecified atom stereocenters. The van der Waals surface area contributed by atoms with Crippen LogP contribution in [0, 0.1) is 0 Å². The number of halogens is 2. The standard InChI is InChI=1S/C24H22N.2ClH.Ti/c1-17-16-19-10-6-7-14-22(19)24(17)23-15-9-8-13-21(23)18(2)25-20-11-4-3-5-12-20;;;/h3-16,18,24H,1-2H3;2*1H;/q-1;;;+3/p-2. The van der Waals surface area contributed by atoms with Crippen molar-refractivity contribution in [3.63, 3.8) is 0 Å². The molecule has 4 rings (SSSR count). The Morgan fingerprint density at radius 1 is 0.786 bits per heavy atom. The third-order valence-corrected chi connectivity index (χ3v) is 6.33. The maximum atomic E-state index is 2.36. The molecule has 0 aromatic heterocycles. The Morgan fingerprint density at radius 3 is 2.07 bits per heavy atom. The van der Waals surface area contributed by atoms with Crippen LogP contribution in [0.15, 0.2) is 84.4 Å². The summed E-state index contributed by atoms with van der Waals surface area (Å²) in [4.78, 5) is 0. The Hall–Kier alpha value is -1.51. The van der Waals surface area contributed by atoms with Crippen molar-refractivity contribution in [3.8, 4) is 0 Å². The number of allylic oxidation sites excluding steroid dienone is 1. The van der Waals surface area contributed by atoms with Gasteiger partial charge in [0.25, 0.3) is 0 Å². The fourth-order valence-corrected chi connectivity index (χ4v) is 4.45.